The molecule has 1 fully saturated rings. The molecule has 3 aromatic rings. The Morgan fingerprint density at radius 3 is 2.45 bits per heavy atom. The highest BCUT2D eigenvalue weighted by atomic mass is 19.4. The summed E-state index contributed by atoms with van der Waals surface area (Å²) in [6.45, 7) is 2.30. The summed E-state index contributed by atoms with van der Waals surface area (Å²) in [5.41, 5.74) is 3.39. The van der Waals surface area contributed by atoms with Crippen molar-refractivity contribution in [2.24, 2.45) is 0 Å². The first-order chi connectivity index (χ1) is 14.7. The average Bonchev–Trinajstić information content (AvgIpc) is 3.44. The maximum absolute atomic E-state index is 12.8. The third kappa shape index (κ3) is 3.52. The van der Waals surface area contributed by atoms with Gasteiger partial charge in [0.1, 0.15) is 12.1 Å². The predicted octanol–water partition coefficient (Wildman–Crippen LogP) is 5.30. The van der Waals surface area contributed by atoms with Crippen molar-refractivity contribution in [3.8, 4) is 11.3 Å². The summed E-state index contributed by atoms with van der Waals surface area (Å²) in [4.78, 5) is 22.3. The maximum Gasteiger partial charge on any atom is 0.416 e. The second-order valence-corrected chi connectivity index (χ2v) is 8.11. The van der Waals surface area contributed by atoms with Crippen LogP contribution in [0.4, 0.5) is 30.4 Å². The Labute approximate surface area is 176 Å². The van der Waals surface area contributed by atoms with Gasteiger partial charge in [0.05, 0.1) is 11.3 Å². The number of nitrogens with zero attached hydrogens (tertiary/aromatic N) is 3. The van der Waals surface area contributed by atoms with Crippen LogP contribution in [0.5, 0.6) is 0 Å². The third-order valence-corrected chi connectivity index (χ3v) is 6.00. The lowest BCUT2D eigenvalue weighted by Gasteiger charge is -2.16. The highest BCUT2D eigenvalue weighted by Crippen LogP contribution is 2.56. The molecule has 1 aliphatic carbocycles. The molecule has 1 amide bonds. The van der Waals surface area contributed by atoms with Gasteiger partial charge < -0.3 is 10.2 Å². The van der Waals surface area contributed by atoms with E-state index >= 15 is 0 Å². The lowest BCUT2D eigenvalue weighted by atomic mass is 9.98. The van der Waals surface area contributed by atoms with Crippen molar-refractivity contribution >= 4 is 23.1 Å². The van der Waals surface area contributed by atoms with Crippen LogP contribution >= 0.6 is 0 Å². The highest BCUT2D eigenvalue weighted by Gasteiger charge is 2.52. The normalized spacial score (nSPS) is 16.3. The smallest absolute Gasteiger partial charge is 0.340 e. The quantitative estimate of drug-likeness (QED) is 0.620. The number of hydrogen-bond acceptors (Lipinski definition) is 4. The standard InChI is InChI=1S/C23H19F3N4O/c1-14(31)30-12-22(8-9-22)18-7-6-17(10-20(18)30)29-21-11-19(27-13-28-21)15-2-4-16(5-3-15)23(24,25)26/h2-7,10-11,13H,8-9,12H2,1H3,(H,27,28,29). The fraction of sp³-hybridized carbons (Fsp3) is 0.261. The van der Waals surface area contributed by atoms with Crippen LogP contribution in [0.1, 0.15) is 30.9 Å². The molecule has 1 spiro atoms. The van der Waals surface area contributed by atoms with Gasteiger partial charge >= 0.3 is 6.18 Å². The van der Waals surface area contributed by atoms with Gasteiger partial charge in [-0.3, -0.25) is 4.79 Å². The lowest BCUT2D eigenvalue weighted by Crippen LogP contribution is -2.28. The van der Waals surface area contributed by atoms with Crippen LogP contribution in [-0.2, 0) is 16.4 Å². The van der Waals surface area contributed by atoms with Crippen molar-refractivity contribution in [2.45, 2.75) is 31.4 Å². The fourth-order valence-corrected chi connectivity index (χ4v) is 4.17. The molecule has 0 saturated heterocycles. The van der Waals surface area contributed by atoms with E-state index in [-0.39, 0.29) is 11.3 Å². The van der Waals surface area contributed by atoms with Gasteiger partial charge in [0.25, 0.3) is 0 Å². The first kappa shape index (κ1) is 19.5. The molecule has 31 heavy (non-hydrogen) atoms. The van der Waals surface area contributed by atoms with E-state index in [0.29, 0.717) is 17.1 Å². The Kier molecular flexibility index (Phi) is 4.28. The maximum atomic E-state index is 12.8. The van der Waals surface area contributed by atoms with E-state index < -0.39 is 11.7 Å². The number of alkyl halides is 3. The van der Waals surface area contributed by atoms with Gasteiger partial charge in [-0.1, -0.05) is 18.2 Å². The Balaban J connectivity index is 1.41. The summed E-state index contributed by atoms with van der Waals surface area (Å²) in [5.74, 6) is 0.534. The highest BCUT2D eigenvalue weighted by molar-refractivity contribution is 5.96. The molecule has 5 nitrogen and oxygen atoms in total. The molecule has 8 heteroatoms. The van der Waals surface area contributed by atoms with Crippen LogP contribution in [0.15, 0.2) is 54.9 Å². The zero-order chi connectivity index (χ0) is 21.8. The number of anilines is 3. The number of aromatic nitrogens is 2. The largest absolute Gasteiger partial charge is 0.416 e. The number of carbonyl (C=O) groups is 1. The lowest BCUT2D eigenvalue weighted by molar-refractivity contribution is -0.137. The van der Waals surface area contributed by atoms with Gasteiger partial charge in [-0.05, 0) is 42.7 Å². The Morgan fingerprint density at radius 2 is 1.81 bits per heavy atom. The SMILES string of the molecule is CC(=O)N1CC2(CC2)c2ccc(Nc3cc(-c4ccc(C(F)(F)F)cc4)ncn3)cc21. The minimum absolute atomic E-state index is 0.0220. The molecule has 2 aliphatic rings. The van der Waals surface area contributed by atoms with Crippen LogP contribution < -0.4 is 10.2 Å². The van der Waals surface area contributed by atoms with Gasteiger partial charge in [0.15, 0.2) is 0 Å². The van der Waals surface area contributed by atoms with E-state index in [9.17, 15) is 18.0 Å². The molecular weight excluding hydrogens is 405 g/mol. The minimum atomic E-state index is -4.38. The molecule has 0 bridgehead atoms. The number of rotatable bonds is 3. The van der Waals surface area contributed by atoms with E-state index in [0.717, 1.165) is 42.9 Å². The van der Waals surface area contributed by atoms with Gasteiger partial charge in [-0.15, -0.1) is 0 Å². The number of nitrogens with one attached hydrogen (secondary N) is 1. The summed E-state index contributed by atoms with van der Waals surface area (Å²) < 4.78 is 38.4. The summed E-state index contributed by atoms with van der Waals surface area (Å²) in [6, 6.07) is 12.5. The second-order valence-electron chi connectivity index (χ2n) is 8.11. The zero-order valence-corrected chi connectivity index (χ0v) is 16.7. The Morgan fingerprint density at radius 1 is 1.06 bits per heavy atom. The molecule has 1 aliphatic heterocycles. The van der Waals surface area contributed by atoms with E-state index in [1.54, 1.807) is 13.0 Å². The van der Waals surface area contributed by atoms with E-state index in [4.69, 9.17) is 0 Å². The first-order valence-corrected chi connectivity index (χ1v) is 9.95. The summed E-state index contributed by atoms with van der Waals surface area (Å²) in [6.07, 6.45) is -0.820. The van der Waals surface area contributed by atoms with Crippen LogP contribution in [0.2, 0.25) is 0 Å². The van der Waals surface area contributed by atoms with E-state index in [2.05, 4.69) is 21.4 Å². The molecule has 1 N–H and O–H groups in total. The third-order valence-electron chi connectivity index (χ3n) is 6.00. The summed E-state index contributed by atoms with van der Waals surface area (Å²) in [7, 11) is 0. The fourth-order valence-electron chi connectivity index (χ4n) is 4.17. The van der Waals surface area contributed by atoms with Gasteiger partial charge in [-0.25, -0.2) is 9.97 Å². The number of halogens is 3. The molecule has 0 atom stereocenters. The molecule has 5 rings (SSSR count). The summed E-state index contributed by atoms with van der Waals surface area (Å²) >= 11 is 0. The molecular formula is C23H19F3N4O. The van der Waals surface area contributed by atoms with Crippen LogP contribution in [-0.4, -0.2) is 22.4 Å². The molecule has 1 saturated carbocycles. The van der Waals surface area contributed by atoms with Crippen molar-refractivity contribution in [1.82, 2.24) is 9.97 Å². The number of amides is 1. The van der Waals surface area contributed by atoms with Crippen molar-refractivity contribution in [1.29, 1.82) is 0 Å². The predicted molar refractivity (Wildman–Crippen MR) is 111 cm³/mol. The summed E-state index contributed by atoms with van der Waals surface area (Å²) in [5, 5.41) is 3.22. The monoisotopic (exact) mass is 424 g/mol. The minimum Gasteiger partial charge on any atom is -0.340 e. The number of fused-ring (bicyclic) bond motifs is 2. The molecule has 0 radical (unpaired) electrons. The van der Waals surface area contributed by atoms with Crippen molar-refractivity contribution in [3.63, 3.8) is 0 Å². The first-order valence-electron chi connectivity index (χ1n) is 9.95. The average molecular weight is 424 g/mol. The van der Waals surface area contributed by atoms with Crippen molar-refractivity contribution in [2.75, 3.05) is 16.8 Å². The van der Waals surface area contributed by atoms with E-state index in [1.807, 2.05) is 17.0 Å². The molecule has 2 heterocycles. The van der Waals surface area contributed by atoms with Crippen molar-refractivity contribution in [3.05, 3.63) is 66.0 Å². The molecule has 158 valence electrons. The Bertz CT molecular complexity index is 1170. The van der Waals surface area contributed by atoms with Crippen LogP contribution in [0.3, 0.4) is 0 Å². The van der Waals surface area contributed by atoms with Gasteiger partial charge in [0.2, 0.25) is 5.91 Å². The Hall–Kier alpha value is -3.42. The molecule has 1 aromatic heterocycles. The second kappa shape index (κ2) is 6.80. The van der Waals surface area contributed by atoms with Crippen LogP contribution in [0, 0.1) is 0 Å². The number of benzene rings is 2. The van der Waals surface area contributed by atoms with Crippen molar-refractivity contribution < 1.29 is 18.0 Å². The van der Waals surface area contributed by atoms with Crippen LogP contribution in [0.25, 0.3) is 11.3 Å². The van der Waals surface area contributed by atoms with E-state index in [1.165, 1.54) is 24.0 Å². The van der Waals surface area contributed by atoms with Gasteiger partial charge in [-0.2, -0.15) is 13.2 Å². The molecule has 2 aromatic carbocycles. The zero-order valence-electron chi connectivity index (χ0n) is 16.7. The van der Waals surface area contributed by atoms with Gasteiger partial charge in [0, 0.05) is 41.9 Å². The number of carbonyl (C=O) groups excluding carboxylic acids is 1. The topological polar surface area (TPSA) is 58.1 Å². The number of hydrogen-bond donors (Lipinski definition) is 1. The molecule has 0 unspecified atom stereocenters.